The van der Waals surface area contributed by atoms with Gasteiger partial charge in [-0.25, -0.2) is 9.07 Å². The van der Waals surface area contributed by atoms with Crippen LogP contribution >= 0.6 is 0 Å². The van der Waals surface area contributed by atoms with Crippen molar-refractivity contribution in [2.45, 2.75) is 25.8 Å². The summed E-state index contributed by atoms with van der Waals surface area (Å²) in [5, 5.41) is 12.9. The molecule has 116 valence electrons. The molecule has 0 radical (unpaired) electrons. The van der Waals surface area contributed by atoms with E-state index in [0.29, 0.717) is 27.7 Å². The van der Waals surface area contributed by atoms with Crippen LogP contribution in [0, 0.1) is 12.7 Å². The molecular formula is C17H14FN4NaO. The van der Waals surface area contributed by atoms with Gasteiger partial charge < -0.3 is 10.2 Å². The summed E-state index contributed by atoms with van der Waals surface area (Å²) in [5.74, 6) is -0.269. The van der Waals surface area contributed by atoms with Gasteiger partial charge in [-0.3, -0.25) is 4.79 Å². The van der Waals surface area contributed by atoms with E-state index >= 15 is 0 Å². The van der Waals surface area contributed by atoms with E-state index in [1.807, 2.05) is 0 Å². The first-order valence-corrected chi connectivity index (χ1v) is 7.43. The molecule has 5 nitrogen and oxygen atoms in total. The van der Waals surface area contributed by atoms with E-state index in [4.69, 9.17) is 0 Å². The van der Waals surface area contributed by atoms with Crippen LogP contribution in [0.2, 0.25) is 0 Å². The number of aromatic nitrogens is 4. The minimum atomic E-state index is -0.269. The molecule has 2 heterocycles. The van der Waals surface area contributed by atoms with Crippen molar-refractivity contribution in [2.75, 3.05) is 0 Å². The monoisotopic (exact) mass is 332 g/mol. The van der Waals surface area contributed by atoms with E-state index < -0.39 is 0 Å². The Hall–Kier alpha value is -1.76. The molecule has 1 aromatic carbocycles. The molecule has 4 rings (SSSR count). The molecule has 1 fully saturated rings. The van der Waals surface area contributed by atoms with Gasteiger partial charge in [-0.05, 0) is 48.6 Å². The molecule has 24 heavy (non-hydrogen) atoms. The van der Waals surface area contributed by atoms with Crippen LogP contribution in [0.25, 0.3) is 16.5 Å². The predicted molar refractivity (Wildman–Crippen MR) is 84.7 cm³/mol. The minimum absolute atomic E-state index is 0. The van der Waals surface area contributed by atoms with E-state index in [2.05, 4.69) is 21.9 Å². The first kappa shape index (κ1) is 17.1. The van der Waals surface area contributed by atoms with Gasteiger partial charge in [-0.15, -0.1) is 5.69 Å². The molecule has 0 amide bonds. The Morgan fingerprint density at radius 2 is 2.17 bits per heavy atom. The van der Waals surface area contributed by atoms with Crippen LogP contribution in [0.3, 0.4) is 0 Å². The second kappa shape index (κ2) is 6.27. The van der Waals surface area contributed by atoms with Gasteiger partial charge >= 0.3 is 29.6 Å². The van der Waals surface area contributed by atoms with Gasteiger partial charge in [0.1, 0.15) is 11.3 Å². The quantitative estimate of drug-likeness (QED) is 0.612. The summed E-state index contributed by atoms with van der Waals surface area (Å²) < 4.78 is 14.9. The molecule has 7 heteroatoms. The van der Waals surface area contributed by atoms with Crippen molar-refractivity contribution >= 4 is 16.5 Å². The minimum Gasteiger partial charge on any atom is -0.574 e. The van der Waals surface area contributed by atoms with Crippen LogP contribution in [0.15, 0.2) is 35.8 Å². The van der Waals surface area contributed by atoms with E-state index in [1.165, 1.54) is 10.7 Å². The van der Waals surface area contributed by atoms with Crippen LogP contribution in [-0.4, -0.2) is 14.9 Å². The third-order valence-electron chi connectivity index (χ3n) is 4.17. The zero-order chi connectivity index (χ0) is 16.1. The van der Waals surface area contributed by atoms with Gasteiger partial charge in [0, 0.05) is 5.39 Å². The number of nitrogens with zero attached hydrogens (tertiary/aromatic N) is 4. The Morgan fingerprint density at radius 1 is 1.42 bits per heavy atom. The van der Waals surface area contributed by atoms with Crippen molar-refractivity contribution < 1.29 is 33.9 Å². The van der Waals surface area contributed by atoms with E-state index in [-0.39, 0.29) is 47.0 Å². The maximum Gasteiger partial charge on any atom is 1.00 e. The number of hydrogen-bond donors (Lipinski definition) is 0. The molecule has 3 aromatic rings. The summed E-state index contributed by atoms with van der Waals surface area (Å²) >= 11 is 0. The van der Waals surface area contributed by atoms with Gasteiger partial charge in [0.25, 0.3) is 5.56 Å². The number of aryl methyl sites for hydroxylation is 1. The Labute approximate surface area is 159 Å². The summed E-state index contributed by atoms with van der Waals surface area (Å²) in [5.41, 5.74) is 2.48. The number of rotatable bonds is 3. The number of fused-ring (bicyclic) bond motifs is 1. The topological polar surface area (TPSA) is 61.9 Å². The fourth-order valence-corrected chi connectivity index (χ4v) is 2.65. The van der Waals surface area contributed by atoms with Crippen LogP contribution in [-0.2, 0) is 0 Å². The standard InChI is InChI=1S/C17H15FN4O.Na/c1-9-7-11(3-6-14(9)18)10(2)15-13-8-19-22(12-4-5-12)17(23)16(13)21-20-15;/h3,6-8,12H,2,4-5H2,1H3,(H,19,20,21,23);/q;+1/p-1. The average molecular weight is 332 g/mol. The van der Waals surface area contributed by atoms with Crippen molar-refractivity contribution in [3.05, 3.63) is 64.0 Å². The Bertz CT molecular complexity index is 1000. The molecule has 1 saturated carbocycles. The first-order chi connectivity index (χ1) is 11.1. The summed E-state index contributed by atoms with van der Waals surface area (Å²) in [6.07, 6.45) is 3.56. The Morgan fingerprint density at radius 3 is 2.83 bits per heavy atom. The van der Waals surface area contributed by atoms with Crippen LogP contribution in [0.4, 0.5) is 4.39 Å². The molecule has 0 saturated heterocycles. The fraction of sp³-hybridized carbons (Fsp3) is 0.235. The van der Waals surface area contributed by atoms with E-state index in [9.17, 15) is 9.18 Å². The van der Waals surface area contributed by atoms with Gasteiger partial charge in [0.2, 0.25) is 0 Å². The molecule has 1 aliphatic rings. The van der Waals surface area contributed by atoms with E-state index in [1.54, 1.807) is 25.3 Å². The smallest absolute Gasteiger partial charge is 0.574 e. The van der Waals surface area contributed by atoms with E-state index in [0.717, 1.165) is 18.4 Å². The predicted octanol–water partition coefficient (Wildman–Crippen LogP) is -0.403. The zero-order valence-corrected chi connectivity index (χ0v) is 15.6. The molecule has 0 aliphatic heterocycles. The van der Waals surface area contributed by atoms with Gasteiger partial charge in [-0.1, -0.05) is 12.6 Å². The van der Waals surface area contributed by atoms with Crippen molar-refractivity contribution in [2.24, 2.45) is 0 Å². The third kappa shape index (κ3) is 2.75. The Balaban J connectivity index is 0.00000169. The molecule has 1 aliphatic carbocycles. The van der Waals surface area contributed by atoms with Gasteiger partial charge in [0.15, 0.2) is 0 Å². The SMILES string of the molecule is C=C(c1ccc(F)c(C)c1)c1[n-]nc2c(=O)n(C3CC3)ncc12.[Na+]. The molecule has 0 spiro atoms. The summed E-state index contributed by atoms with van der Waals surface area (Å²) in [6, 6.07) is 4.93. The van der Waals surface area contributed by atoms with Crippen molar-refractivity contribution in [1.82, 2.24) is 20.0 Å². The maximum atomic E-state index is 13.4. The number of benzene rings is 1. The third-order valence-corrected chi connectivity index (χ3v) is 4.17. The molecule has 0 atom stereocenters. The fourth-order valence-electron chi connectivity index (χ4n) is 2.65. The molecule has 0 N–H and O–H groups in total. The van der Waals surface area contributed by atoms with Crippen molar-refractivity contribution in [3.8, 4) is 0 Å². The summed E-state index contributed by atoms with van der Waals surface area (Å²) in [6.45, 7) is 5.72. The molecule has 2 aromatic heterocycles. The zero-order valence-electron chi connectivity index (χ0n) is 13.6. The summed E-state index contributed by atoms with van der Waals surface area (Å²) in [4.78, 5) is 12.4. The molecular weight excluding hydrogens is 318 g/mol. The average Bonchev–Trinajstić information content (AvgIpc) is 3.28. The second-order valence-corrected chi connectivity index (χ2v) is 5.88. The van der Waals surface area contributed by atoms with Crippen molar-refractivity contribution in [1.29, 1.82) is 0 Å². The van der Waals surface area contributed by atoms with Gasteiger partial charge in [-0.2, -0.15) is 5.10 Å². The van der Waals surface area contributed by atoms with Crippen LogP contribution in [0.1, 0.15) is 35.7 Å². The van der Waals surface area contributed by atoms with Crippen molar-refractivity contribution in [3.63, 3.8) is 0 Å². The largest absolute Gasteiger partial charge is 1.00 e. The van der Waals surface area contributed by atoms with Crippen LogP contribution in [0.5, 0.6) is 0 Å². The number of halogens is 1. The second-order valence-electron chi connectivity index (χ2n) is 5.88. The molecule has 0 bridgehead atoms. The summed E-state index contributed by atoms with van der Waals surface area (Å²) in [7, 11) is 0. The van der Waals surface area contributed by atoms with Crippen LogP contribution < -0.4 is 40.2 Å². The Kier molecular flexibility index (Phi) is 4.46. The van der Waals surface area contributed by atoms with Gasteiger partial charge in [0.05, 0.1) is 12.2 Å². The normalized spacial score (nSPS) is 13.8. The molecule has 0 unspecified atom stereocenters. The number of hydrogen-bond acceptors (Lipinski definition) is 3. The first-order valence-electron chi connectivity index (χ1n) is 7.43. The maximum absolute atomic E-state index is 13.4.